The third-order valence-electron chi connectivity index (χ3n) is 12.9. The number of hydrogen-bond donors (Lipinski definition) is 13. The lowest BCUT2D eigenvalue weighted by Gasteiger charge is -2.32. The van der Waals surface area contributed by atoms with E-state index in [1.165, 1.54) is 6.92 Å². The fourth-order valence-corrected chi connectivity index (χ4v) is 9.60. The van der Waals surface area contributed by atoms with Crippen LogP contribution in [0.3, 0.4) is 0 Å². The number of primary amides is 1. The Morgan fingerprint density at radius 3 is 2.11 bits per heavy atom. The molecule has 416 valence electrons. The maximum absolute atomic E-state index is 14.6. The number of ether oxygens (including phenoxy) is 4. The summed E-state index contributed by atoms with van der Waals surface area (Å²) in [7, 11) is 0. The number of aliphatic hydroxyl groups is 3. The summed E-state index contributed by atoms with van der Waals surface area (Å²) in [4.78, 5) is 130. The summed E-state index contributed by atoms with van der Waals surface area (Å²) in [5.41, 5.74) is 11.8. The summed E-state index contributed by atoms with van der Waals surface area (Å²) >= 11 is 0.981. The lowest BCUT2D eigenvalue weighted by molar-refractivity contribution is -0.144. The molecule has 0 spiro atoms. The van der Waals surface area contributed by atoms with Crippen LogP contribution < -0.4 is 53.4 Å². The first-order valence-corrected chi connectivity index (χ1v) is 25.8. The molecule has 4 unspecified atom stereocenters. The number of hydrogen-bond acceptors (Lipinski definition) is 18. The zero-order valence-electron chi connectivity index (χ0n) is 42.2. The predicted octanol–water partition coefficient (Wildman–Crippen LogP) is -5.25. The molecule has 15 N–H and O–H groups in total. The van der Waals surface area contributed by atoms with Crippen LogP contribution >= 0.6 is 11.8 Å². The van der Waals surface area contributed by atoms with Gasteiger partial charge in [-0.2, -0.15) is 0 Å². The van der Waals surface area contributed by atoms with Gasteiger partial charge in [-0.25, -0.2) is 0 Å². The number of nitrogens with one attached hydrogen (secondary N) is 8. The molecule has 28 heteroatoms. The van der Waals surface area contributed by atoms with E-state index in [0.29, 0.717) is 73.2 Å². The second-order valence-electron chi connectivity index (χ2n) is 18.4. The van der Waals surface area contributed by atoms with Crippen LogP contribution in [-0.4, -0.2) is 212 Å². The van der Waals surface area contributed by atoms with E-state index in [0.717, 1.165) is 16.7 Å². The second-order valence-corrected chi connectivity index (χ2v) is 19.4. The number of H-pyrrole nitrogens is 1. The van der Waals surface area contributed by atoms with Gasteiger partial charge in [0.1, 0.15) is 48.6 Å². The highest BCUT2D eigenvalue weighted by atomic mass is 32.2. The van der Waals surface area contributed by atoms with E-state index in [9.17, 15) is 58.5 Å². The fraction of sp³-hybridized carbons (Fsp3) is 0.638. The lowest BCUT2D eigenvalue weighted by atomic mass is 9.93. The van der Waals surface area contributed by atoms with Crippen molar-refractivity contribution in [3.05, 3.63) is 23.8 Å². The van der Waals surface area contributed by atoms with Crippen LogP contribution in [0.5, 0.6) is 5.75 Å². The van der Waals surface area contributed by atoms with Crippen LogP contribution in [0.15, 0.2) is 23.2 Å². The number of benzene rings is 1. The Bertz CT molecular complexity index is 2340. The summed E-state index contributed by atoms with van der Waals surface area (Å²) < 4.78 is 22.4. The summed E-state index contributed by atoms with van der Waals surface area (Å²) in [5.74, 6) is -10.2. The average molecular weight is 1080 g/mol. The second kappa shape index (κ2) is 29.2. The SMILES string of the molecule is CC[C@H](C)[C@@H]1NC(=O)CNC(=O)C2Cc3c([nH]c4cc(OCCOCCOCCOCCN)ccc34)SCC(NC(=O)CNC1=O)C(=O)N[C@@H](CC(N)=O)C(=O)N1CC(O)CC1C(=O)N[C@@H]([C@@H](C)[C@@H](O)CO)C(=O)N2. The van der Waals surface area contributed by atoms with E-state index in [1.54, 1.807) is 32.0 Å². The van der Waals surface area contributed by atoms with E-state index in [2.05, 4.69) is 42.2 Å². The molecule has 75 heavy (non-hydrogen) atoms. The van der Waals surface area contributed by atoms with E-state index >= 15 is 0 Å². The van der Waals surface area contributed by atoms with Gasteiger partial charge < -0.3 is 92.8 Å². The molecular formula is C47H71N11O16S. The van der Waals surface area contributed by atoms with Crippen molar-refractivity contribution in [2.75, 3.05) is 84.8 Å². The van der Waals surface area contributed by atoms with Gasteiger partial charge >= 0.3 is 0 Å². The Hall–Kier alpha value is -6.14. The molecular weight excluding hydrogens is 1010 g/mol. The highest BCUT2D eigenvalue weighted by molar-refractivity contribution is 7.99. The van der Waals surface area contributed by atoms with Gasteiger partial charge in [-0.3, -0.25) is 43.2 Å². The third kappa shape index (κ3) is 17.2. The molecule has 0 aliphatic carbocycles. The van der Waals surface area contributed by atoms with Crippen LogP contribution in [0.1, 0.15) is 45.6 Å². The fourth-order valence-electron chi connectivity index (χ4n) is 8.49. The number of aromatic amines is 1. The van der Waals surface area contributed by atoms with Crippen LogP contribution in [-0.2, 0) is 63.8 Å². The largest absolute Gasteiger partial charge is 0.491 e. The highest BCUT2D eigenvalue weighted by Crippen LogP contribution is 2.34. The Balaban J connectivity index is 1.60. The van der Waals surface area contributed by atoms with E-state index in [1.807, 2.05) is 0 Å². The molecule has 9 amide bonds. The van der Waals surface area contributed by atoms with Gasteiger partial charge in [0.05, 0.1) is 88.5 Å². The van der Waals surface area contributed by atoms with E-state index < -0.39 is 146 Å². The number of carbonyl (C=O) groups is 9. The molecule has 1 saturated heterocycles. The normalized spacial score (nSPS) is 25.1. The number of rotatable bonds is 19. The van der Waals surface area contributed by atoms with Crippen molar-refractivity contribution in [1.29, 1.82) is 0 Å². The quantitative estimate of drug-likeness (QED) is 0.0585. The van der Waals surface area contributed by atoms with Crippen molar-refractivity contribution in [2.24, 2.45) is 23.3 Å². The number of amides is 9. The highest BCUT2D eigenvalue weighted by Gasteiger charge is 2.45. The number of nitrogens with zero attached hydrogens (tertiary/aromatic N) is 1. The lowest BCUT2D eigenvalue weighted by Crippen LogP contribution is -2.62. The number of thioether (sulfide) groups is 1. The Morgan fingerprint density at radius 2 is 1.45 bits per heavy atom. The molecule has 0 radical (unpaired) electrons. The van der Waals surface area contributed by atoms with E-state index in [-0.39, 0.29) is 31.8 Å². The Kier molecular flexibility index (Phi) is 23.3. The van der Waals surface area contributed by atoms with Crippen molar-refractivity contribution in [3.63, 3.8) is 0 Å². The smallest absolute Gasteiger partial charge is 0.246 e. The number of fused-ring (bicyclic) bond motifs is 5. The van der Waals surface area contributed by atoms with Gasteiger partial charge in [0.2, 0.25) is 53.2 Å². The molecule has 0 saturated carbocycles. The molecule has 2 aromatic rings. The van der Waals surface area contributed by atoms with Gasteiger partial charge in [-0.05, 0) is 23.6 Å². The minimum Gasteiger partial charge on any atom is -0.491 e. The Labute approximate surface area is 436 Å². The zero-order chi connectivity index (χ0) is 54.8. The van der Waals surface area contributed by atoms with Gasteiger partial charge in [0.25, 0.3) is 0 Å². The van der Waals surface area contributed by atoms with E-state index in [4.69, 9.17) is 30.4 Å². The van der Waals surface area contributed by atoms with Crippen LogP contribution in [0, 0.1) is 11.8 Å². The molecule has 27 nitrogen and oxygen atoms in total. The van der Waals surface area contributed by atoms with Crippen molar-refractivity contribution in [3.8, 4) is 5.75 Å². The first-order chi connectivity index (χ1) is 35.8. The molecule has 5 rings (SSSR count). The topological polar surface area (TPSA) is 407 Å². The first-order valence-electron chi connectivity index (χ1n) is 24.8. The van der Waals surface area contributed by atoms with Gasteiger partial charge in [-0.1, -0.05) is 27.2 Å². The summed E-state index contributed by atoms with van der Waals surface area (Å²) in [6.07, 6.45) is -4.05. The van der Waals surface area contributed by atoms with Gasteiger partial charge in [-0.15, -0.1) is 11.8 Å². The van der Waals surface area contributed by atoms with Crippen molar-refractivity contribution < 1.29 is 77.4 Å². The number of aliphatic hydroxyl groups excluding tert-OH is 3. The summed E-state index contributed by atoms with van der Waals surface area (Å²) in [5, 5.41) is 50.2. The number of nitrogens with two attached hydrogens (primary N) is 2. The monoisotopic (exact) mass is 1080 g/mol. The molecule has 10 atom stereocenters. The molecule has 4 heterocycles. The van der Waals surface area contributed by atoms with Crippen molar-refractivity contribution >= 4 is 75.8 Å². The van der Waals surface area contributed by atoms with Crippen LogP contribution in [0.25, 0.3) is 10.9 Å². The maximum Gasteiger partial charge on any atom is 0.246 e. The van der Waals surface area contributed by atoms with Gasteiger partial charge in [0.15, 0.2) is 0 Å². The summed E-state index contributed by atoms with van der Waals surface area (Å²) in [6, 6.07) is -4.36. The molecule has 1 aromatic carbocycles. The predicted molar refractivity (Wildman–Crippen MR) is 267 cm³/mol. The van der Waals surface area contributed by atoms with Crippen molar-refractivity contribution in [1.82, 2.24) is 47.1 Å². The standard InChI is InChI=1S/C47H71N11O16S/c1-4-24(2)39-44(68)51-19-37(63)52-33-23-75-46-29(28-6-5-27(16-30(28)55-46)74-14-13-73-12-11-72-10-9-71-8-7-48)17-31(41(65)50-20-38(64)56-39)53-45(69)40(25(3)35(61)22-59)57-43(67)34-15-26(60)21-58(34)47(70)32(18-36(49)62)54-42(33)66/h5-6,16,24-26,31-35,39-40,55,59-61H,4,7-15,17-23,48H2,1-3H3,(H2,49,62)(H,50,65)(H,51,68)(H,52,63)(H,53,69)(H,54,66)(H,56,64)(H,57,67)/t24-,25-,26?,31?,32-,33?,34?,35-,39-,40-/m0/s1. The molecule has 2 bridgehead atoms. The summed E-state index contributed by atoms with van der Waals surface area (Å²) in [6.45, 7) is 4.67. The Morgan fingerprint density at radius 1 is 0.800 bits per heavy atom. The van der Waals surface area contributed by atoms with Gasteiger partial charge in [0, 0.05) is 49.1 Å². The number of carbonyl (C=O) groups excluding carboxylic acids is 9. The zero-order valence-corrected chi connectivity index (χ0v) is 43.0. The minimum absolute atomic E-state index is 0.136. The third-order valence-corrected chi connectivity index (χ3v) is 14.0. The molecule has 3 aliphatic rings. The molecule has 3 aliphatic heterocycles. The van der Waals surface area contributed by atoms with Crippen molar-refractivity contribution in [2.45, 2.75) is 99.9 Å². The molecule has 1 aromatic heterocycles. The first kappa shape index (κ1) is 59.7. The van der Waals surface area contributed by atoms with Crippen LogP contribution in [0.4, 0.5) is 0 Å². The average Bonchev–Trinajstić information content (AvgIpc) is 3.95. The maximum atomic E-state index is 14.6. The molecule has 1 fully saturated rings. The minimum atomic E-state index is -1.76. The number of aromatic nitrogens is 1. The van der Waals surface area contributed by atoms with Crippen LogP contribution in [0.2, 0.25) is 0 Å².